The van der Waals surface area contributed by atoms with Crippen molar-refractivity contribution in [2.45, 2.75) is 0 Å². The van der Waals surface area contributed by atoms with Crippen LogP contribution >= 0.6 is 11.3 Å². The summed E-state index contributed by atoms with van der Waals surface area (Å²) in [5.74, 6) is 0.761. The van der Waals surface area contributed by atoms with Crippen LogP contribution in [-0.4, -0.2) is 17.2 Å². The molecule has 3 aromatic rings. The van der Waals surface area contributed by atoms with Gasteiger partial charge in [0.05, 0.1) is 4.88 Å². The summed E-state index contributed by atoms with van der Waals surface area (Å²) in [6, 6.07) is 13.9. The predicted octanol–water partition coefficient (Wildman–Crippen LogP) is 3.27. The Balaban J connectivity index is 2.28. The van der Waals surface area contributed by atoms with Crippen molar-refractivity contribution in [1.29, 1.82) is 5.26 Å². The molecule has 2 aromatic heterocycles. The molecular formula is C14H10N4S. The maximum absolute atomic E-state index is 8.91. The zero-order valence-corrected chi connectivity index (χ0v) is 11.0. The smallest absolute Gasteiger partial charge is 0.156 e. The van der Waals surface area contributed by atoms with Crippen LogP contribution in [0, 0.1) is 11.3 Å². The van der Waals surface area contributed by atoms with E-state index in [0.717, 1.165) is 27.2 Å². The second kappa shape index (κ2) is 4.67. The Bertz CT molecular complexity index is 785. The first-order chi connectivity index (χ1) is 9.33. The molecule has 0 atom stereocenters. The zero-order valence-electron chi connectivity index (χ0n) is 10.2. The van der Waals surface area contributed by atoms with Gasteiger partial charge in [0.1, 0.15) is 16.6 Å². The molecule has 0 unspecified atom stereocenters. The fourth-order valence-corrected chi connectivity index (χ4v) is 2.80. The van der Waals surface area contributed by atoms with Gasteiger partial charge in [0.15, 0.2) is 5.82 Å². The molecule has 4 nitrogen and oxygen atoms in total. The van der Waals surface area contributed by atoms with E-state index in [0.29, 0.717) is 4.88 Å². The molecule has 0 aliphatic rings. The van der Waals surface area contributed by atoms with Gasteiger partial charge in [-0.15, -0.1) is 21.5 Å². The molecule has 0 saturated heterocycles. The number of rotatable bonds is 2. The molecule has 5 heteroatoms. The van der Waals surface area contributed by atoms with E-state index in [2.05, 4.69) is 21.6 Å². The SMILES string of the molecule is CNc1nnc(-c2ccc(C#N)s2)c2ccccc12. The number of benzene rings is 1. The average molecular weight is 266 g/mol. The summed E-state index contributed by atoms with van der Waals surface area (Å²) in [6.07, 6.45) is 0. The second-order valence-corrected chi connectivity index (χ2v) is 5.05. The predicted molar refractivity (Wildman–Crippen MR) is 77.1 cm³/mol. The normalized spacial score (nSPS) is 10.3. The Morgan fingerprint density at radius 1 is 1.11 bits per heavy atom. The Morgan fingerprint density at radius 2 is 1.89 bits per heavy atom. The van der Waals surface area contributed by atoms with Crippen molar-refractivity contribution in [3.8, 4) is 16.6 Å². The third-order valence-corrected chi connectivity index (χ3v) is 3.87. The van der Waals surface area contributed by atoms with Gasteiger partial charge in [0, 0.05) is 17.8 Å². The molecule has 0 radical (unpaired) electrons. The van der Waals surface area contributed by atoms with Crippen LogP contribution in [0.4, 0.5) is 5.82 Å². The molecule has 2 heterocycles. The lowest BCUT2D eigenvalue weighted by Gasteiger charge is -2.07. The van der Waals surface area contributed by atoms with Gasteiger partial charge in [-0.1, -0.05) is 24.3 Å². The van der Waals surface area contributed by atoms with E-state index < -0.39 is 0 Å². The summed E-state index contributed by atoms with van der Waals surface area (Å²) in [5, 5.41) is 22.5. The molecule has 92 valence electrons. The van der Waals surface area contributed by atoms with Crippen LogP contribution in [0.5, 0.6) is 0 Å². The maximum Gasteiger partial charge on any atom is 0.156 e. The fourth-order valence-electron chi connectivity index (χ4n) is 2.00. The summed E-state index contributed by atoms with van der Waals surface area (Å²) in [6.45, 7) is 0. The number of anilines is 1. The van der Waals surface area contributed by atoms with E-state index in [9.17, 15) is 0 Å². The van der Waals surface area contributed by atoms with Gasteiger partial charge in [-0.2, -0.15) is 5.26 Å². The van der Waals surface area contributed by atoms with E-state index in [-0.39, 0.29) is 0 Å². The molecule has 0 aliphatic carbocycles. The van der Waals surface area contributed by atoms with Crippen LogP contribution in [0.15, 0.2) is 36.4 Å². The Hall–Kier alpha value is -2.45. The molecule has 0 aliphatic heterocycles. The number of thiophene rings is 1. The second-order valence-electron chi connectivity index (χ2n) is 3.97. The lowest BCUT2D eigenvalue weighted by molar-refractivity contribution is 1.06. The quantitative estimate of drug-likeness (QED) is 0.773. The standard InChI is InChI=1S/C14H10N4S/c1-16-14-11-5-3-2-4-10(11)13(17-18-14)12-7-6-9(8-15)19-12/h2-7H,1H3,(H,16,18). The van der Waals surface area contributed by atoms with E-state index >= 15 is 0 Å². The largest absolute Gasteiger partial charge is 0.371 e. The van der Waals surface area contributed by atoms with Gasteiger partial charge in [-0.05, 0) is 12.1 Å². The molecule has 1 N–H and O–H groups in total. The number of fused-ring (bicyclic) bond motifs is 1. The van der Waals surface area contributed by atoms with Gasteiger partial charge in [-0.3, -0.25) is 0 Å². The van der Waals surface area contributed by atoms with Gasteiger partial charge < -0.3 is 5.32 Å². The average Bonchev–Trinajstić information content (AvgIpc) is 2.95. The van der Waals surface area contributed by atoms with Gasteiger partial charge in [-0.25, -0.2) is 0 Å². The number of hydrogen-bond donors (Lipinski definition) is 1. The van der Waals surface area contributed by atoms with Crippen molar-refractivity contribution in [1.82, 2.24) is 10.2 Å². The minimum Gasteiger partial charge on any atom is -0.371 e. The maximum atomic E-state index is 8.91. The third kappa shape index (κ3) is 1.92. The summed E-state index contributed by atoms with van der Waals surface area (Å²) < 4.78 is 0. The topological polar surface area (TPSA) is 61.6 Å². The van der Waals surface area contributed by atoms with Crippen molar-refractivity contribution in [2.75, 3.05) is 12.4 Å². The summed E-state index contributed by atoms with van der Waals surface area (Å²) in [4.78, 5) is 1.64. The van der Waals surface area contributed by atoms with E-state index in [1.54, 1.807) is 0 Å². The Morgan fingerprint density at radius 3 is 2.58 bits per heavy atom. The van der Waals surface area contributed by atoms with Crippen molar-refractivity contribution in [3.05, 3.63) is 41.3 Å². The number of hydrogen-bond acceptors (Lipinski definition) is 5. The summed E-state index contributed by atoms with van der Waals surface area (Å²) in [7, 11) is 1.83. The van der Waals surface area contributed by atoms with Gasteiger partial charge in [0.2, 0.25) is 0 Å². The molecular weight excluding hydrogens is 256 g/mol. The molecule has 0 fully saturated rings. The van der Waals surface area contributed by atoms with Gasteiger partial charge >= 0.3 is 0 Å². The highest BCUT2D eigenvalue weighted by molar-refractivity contribution is 7.16. The Labute approximate surface area is 114 Å². The van der Waals surface area contributed by atoms with Crippen LogP contribution in [0.25, 0.3) is 21.3 Å². The molecule has 0 spiro atoms. The third-order valence-electron chi connectivity index (χ3n) is 2.87. The molecule has 1 aromatic carbocycles. The summed E-state index contributed by atoms with van der Waals surface area (Å²) in [5.41, 5.74) is 0.820. The highest BCUT2D eigenvalue weighted by atomic mass is 32.1. The van der Waals surface area contributed by atoms with E-state index in [1.165, 1.54) is 11.3 Å². The number of nitrogens with zero attached hydrogens (tertiary/aromatic N) is 3. The van der Waals surface area contributed by atoms with Crippen molar-refractivity contribution >= 4 is 27.9 Å². The number of aromatic nitrogens is 2. The Kier molecular flexibility index (Phi) is 2.86. The molecule has 19 heavy (non-hydrogen) atoms. The molecule has 0 amide bonds. The summed E-state index contributed by atoms with van der Waals surface area (Å²) >= 11 is 1.43. The van der Waals surface area contributed by atoms with Crippen LogP contribution in [0.1, 0.15) is 4.88 Å². The zero-order chi connectivity index (χ0) is 13.2. The minimum atomic E-state index is 0.679. The lowest BCUT2D eigenvalue weighted by atomic mass is 10.1. The van der Waals surface area contributed by atoms with Crippen molar-refractivity contribution in [3.63, 3.8) is 0 Å². The van der Waals surface area contributed by atoms with E-state index in [1.807, 2.05) is 43.4 Å². The number of nitrogens with one attached hydrogen (secondary N) is 1. The highest BCUT2D eigenvalue weighted by Gasteiger charge is 2.11. The van der Waals surface area contributed by atoms with Crippen LogP contribution in [-0.2, 0) is 0 Å². The molecule has 0 bridgehead atoms. The van der Waals surface area contributed by atoms with Gasteiger partial charge in [0.25, 0.3) is 0 Å². The van der Waals surface area contributed by atoms with Crippen molar-refractivity contribution < 1.29 is 0 Å². The first-order valence-corrected chi connectivity index (χ1v) is 6.58. The lowest BCUT2D eigenvalue weighted by Crippen LogP contribution is -1.97. The van der Waals surface area contributed by atoms with Crippen LogP contribution in [0.3, 0.4) is 0 Å². The monoisotopic (exact) mass is 266 g/mol. The van der Waals surface area contributed by atoms with Crippen LogP contribution < -0.4 is 5.32 Å². The highest BCUT2D eigenvalue weighted by Crippen LogP contribution is 2.33. The minimum absolute atomic E-state index is 0.679. The van der Waals surface area contributed by atoms with Crippen LogP contribution in [0.2, 0.25) is 0 Å². The first kappa shape index (κ1) is 11.6. The molecule has 3 rings (SSSR count). The van der Waals surface area contributed by atoms with Crippen molar-refractivity contribution in [2.24, 2.45) is 0 Å². The van der Waals surface area contributed by atoms with E-state index in [4.69, 9.17) is 5.26 Å². The fraction of sp³-hybridized carbons (Fsp3) is 0.0714. The number of nitriles is 1. The molecule has 0 saturated carbocycles. The first-order valence-electron chi connectivity index (χ1n) is 5.77.